The number of carboxylic acids is 2. The van der Waals surface area contributed by atoms with Gasteiger partial charge >= 0.3 is 11.9 Å². The number of nitrogens with one attached hydrogen (secondary N) is 2. The van der Waals surface area contributed by atoms with Gasteiger partial charge in [-0.05, 0) is 12.8 Å². The van der Waals surface area contributed by atoms with Gasteiger partial charge in [0.05, 0.1) is 0 Å². The van der Waals surface area contributed by atoms with Gasteiger partial charge in [-0.3, -0.25) is 9.59 Å². The van der Waals surface area contributed by atoms with Crippen LogP contribution in [0.2, 0.25) is 0 Å². The number of amides is 2. The zero-order chi connectivity index (χ0) is 22.1. The van der Waals surface area contributed by atoms with Gasteiger partial charge in [0.25, 0.3) is 0 Å². The van der Waals surface area contributed by atoms with E-state index in [-0.39, 0.29) is 11.7 Å². The van der Waals surface area contributed by atoms with E-state index >= 15 is 0 Å². The van der Waals surface area contributed by atoms with E-state index in [4.69, 9.17) is 5.11 Å². The summed E-state index contributed by atoms with van der Waals surface area (Å²) in [5.74, 6) is -1.04. The normalized spacial score (nSPS) is 13.9. The number of carboxylic acid groups (broad SMARTS) is 2. The van der Waals surface area contributed by atoms with Crippen LogP contribution >= 0.6 is 43.2 Å². The zero-order valence-electron chi connectivity index (χ0n) is 16.6. The Hall–Kier alpha value is -0.720. The molecule has 0 spiro atoms. The average molecular weight is 487 g/mol. The molecule has 12 heteroatoms. The van der Waals surface area contributed by atoms with Crippen molar-refractivity contribution in [2.45, 2.75) is 63.3 Å². The summed E-state index contributed by atoms with van der Waals surface area (Å²) in [5.41, 5.74) is 0. The van der Waals surface area contributed by atoms with Crippen LogP contribution in [0.4, 0.5) is 0 Å². The minimum atomic E-state index is -1.05. The third kappa shape index (κ3) is 15.7. The van der Waals surface area contributed by atoms with Crippen molar-refractivity contribution >= 4 is 67.4 Å². The number of hydrogen-bond donors (Lipinski definition) is 4. The van der Waals surface area contributed by atoms with Gasteiger partial charge in [-0.1, -0.05) is 69.4 Å². The molecule has 0 saturated heterocycles. The van der Waals surface area contributed by atoms with E-state index in [0.29, 0.717) is 17.4 Å². The van der Waals surface area contributed by atoms with Gasteiger partial charge in [0.15, 0.2) is 0 Å². The highest BCUT2D eigenvalue weighted by Gasteiger charge is 2.20. The molecular weight excluding hydrogens is 456 g/mol. The highest BCUT2D eigenvalue weighted by molar-refractivity contribution is 8.77. The van der Waals surface area contributed by atoms with Crippen molar-refractivity contribution in [3.05, 3.63) is 0 Å². The number of unbranched alkanes of at least 4 members (excludes halogenated alkanes) is 2. The van der Waals surface area contributed by atoms with Crippen LogP contribution in [0.1, 0.15) is 46.0 Å². The molecule has 0 aromatic carbocycles. The fourth-order valence-electron chi connectivity index (χ4n) is 2.11. The molecule has 29 heavy (non-hydrogen) atoms. The van der Waals surface area contributed by atoms with E-state index in [1.165, 1.54) is 28.5 Å². The number of rotatable bonds is 19. The van der Waals surface area contributed by atoms with Gasteiger partial charge in [-0.2, -0.15) is 0 Å². The van der Waals surface area contributed by atoms with E-state index < -0.39 is 24.0 Å². The van der Waals surface area contributed by atoms with Crippen LogP contribution < -0.4 is 10.6 Å². The Morgan fingerprint density at radius 1 is 0.966 bits per heavy atom. The summed E-state index contributed by atoms with van der Waals surface area (Å²) in [6, 6.07) is -1.79. The van der Waals surface area contributed by atoms with E-state index in [2.05, 4.69) is 17.6 Å². The second-order valence-corrected chi connectivity index (χ2v) is 11.5. The molecular formula is C17H30N2O6S4. The molecule has 0 rings (SSSR count). The quantitative estimate of drug-likeness (QED) is 0.123. The fourth-order valence-corrected chi connectivity index (χ4v) is 7.48. The molecule has 0 radical (unpaired) electrons. The maximum Gasteiger partial charge on any atom is 0.327 e. The topological polar surface area (TPSA) is 133 Å². The summed E-state index contributed by atoms with van der Waals surface area (Å²) in [6.45, 7) is 3.44. The lowest BCUT2D eigenvalue weighted by molar-refractivity contribution is -0.141. The largest absolute Gasteiger partial charge is 0.480 e. The summed E-state index contributed by atoms with van der Waals surface area (Å²) in [4.78, 5) is 43.7. The summed E-state index contributed by atoms with van der Waals surface area (Å²) >= 11 is 0. The number of hydrogen-bond acceptors (Lipinski definition) is 8. The highest BCUT2D eigenvalue weighted by atomic mass is 33.1. The van der Waals surface area contributed by atoms with Crippen LogP contribution in [0.3, 0.4) is 0 Å². The van der Waals surface area contributed by atoms with Crippen molar-refractivity contribution in [1.29, 1.82) is 0 Å². The summed E-state index contributed by atoms with van der Waals surface area (Å²) in [6.07, 6.45) is 5.71. The standard InChI is InChI=1S/C17H30N2O6S4/c1-3-4-5-6-13(29-28-10-15(17(24)25)19-12(2)21)7-8-26-27-9-14(16(22)23)18-11-20/h11,13-15H,3-10H2,1-2H3,(H,18,20)(H,19,21)(H,22,23)(H,24,25). The van der Waals surface area contributed by atoms with Gasteiger partial charge in [0.1, 0.15) is 12.1 Å². The summed E-state index contributed by atoms with van der Waals surface area (Å²) in [5, 5.41) is 23.2. The van der Waals surface area contributed by atoms with Crippen LogP contribution in [0.5, 0.6) is 0 Å². The second-order valence-electron chi connectivity index (χ2n) is 6.16. The van der Waals surface area contributed by atoms with E-state index in [1.54, 1.807) is 21.6 Å². The van der Waals surface area contributed by atoms with Gasteiger partial charge in [-0.15, -0.1) is 0 Å². The Morgan fingerprint density at radius 2 is 1.62 bits per heavy atom. The first-order valence-corrected chi connectivity index (χ1v) is 14.1. The van der Waals surface area contributed by atoms with Gasteiger partial charge < -0.3 is 20.8 Å². The molecule has 0 aliphatic heterocycles. The lowest BCUT2D eigenvalue weighted by Gasteiger charge is -2.18. The van der Waals surface area contributed by atoms with Crippen LogP contribution in [-0.4, -0.2) is 69.1 Å². The molecule has 4 N–H and O–H groups in total. The third-order valence-electron chi connectivity index (χ3n) is 3.65. The van der Waals surface area contributed by atoms with Crippen LogP contribution in [-0.2, 0) is 19.2 Å². The molecule has 0 aromatic heterocycles. The second kappa shape index (κ2) is 18.1. The predicted molar refractivity (Wildman–Crippen MR) is 123 cm³/mol. The van der Waals surface area contributed by atoms with Crippen molar-refractivity contribution in [2.24, 2.45) is 0 Å². The summed E-state index contributed by atoms with van der Waals surface area (Å²) < 4.78 is 0. The van der Waals surface area contributed by atoms with Crippen LogP contribution in [0, 0.1) is 0 Å². The number of carbonyl (C=O) groups is 4. The molecule has 8 nitrogen and oxygen atoms in total. The molecule has 0 fully saturated rings. The van der Waals surface area contributed by atoms with E-state index in [1.807, 2.05) is 0 Å². The fraction of sp³-hybridized carbons (Fsp3) is 0.765. The zero-order valence-corrected chi connectivity index (χ0v) is 19.9. The number of carbonyl (C=O) groups excluding carboxylic acids is 2. The number of aliphatic carboxylic acids is 2. The van der Waals surface area contributed by atoms with Crippen molar-refractivity contribution in [1.82, 2.24) is 10.6 Å². The van der Waals surface area contributed by atoms with Crippen molar-refractivity contribution in [2.75, 3.05) is 17.3 Å². The Bertz CT molecular complexity index is 512. The van der Waals surface area contributed by atoms with Crippen molar-refractivity contribution in [3.8, 4) is 0 Å². The molecule has 2 amide bonds. The van der Waals surface area contributed by atoms with Gasteiger partial charge in [0, 0.05) is 29.4 Å². The molecule has 0 aliphatic carbocycles. The Balaban J connectivity index is 4.32. The minimum absolute atomic E-state index is 0.290. The van der Waals surface area contributed by atoms with Gasteiger partial charge in [0.2, 0.25) is 12.3 Å². The first kappa shape index (κ1) is 28.3. The maximum atomic E-state index is 11.2. The smallest absolute Gasteiger partial charge is 0.327 e. The molecule has 168 valence electrons. The average Bonchev–Trinajstić information content (AvgIpc) is 2.65. The molecule has 3 unspecified atom stereocenters. The first-order valence-electron chi connectivity index (χ1n) is 9.26. The molecule has 0 aliphatic rings. The highest BCUT2D eigenvalue weighted by Crippen LogP contribution is 2.35. The predicted octanol–water partition coefficient (Wildman–Crippen LogP) is 2.88. The van der Waals surface area contributed by atoms with E-state index in [0.717, 1.165) is 37.9 Å². The van der Waals surface area contributed by atoms with E-state index in [9.17, 15) is 24.3 Å². The van der Waals surface area contributed by atoms with Crippen LogP contribution in [0.25, 0.3) is 0 Å². The molecule has 0 saturated carbocycles. The SMILES string of the molecule is CCCCCC(CCSSCC(NC=O)C(=O)O)SSCC(NC(C)=O)C(=O)O. The van der Waals surface area contributed by atoms with Crippen LogP contribution in [0.15, 0.2) is 0 Å². The minimum Gasteiger partial charge on any atom is -0.480 e. The molecule has 0 aromatic rings. The first-order chi connectivity index (χ1) is 13.8. The van der Waals surface area contributed by atoms with Gasteiger partial charge in [-0.25, -0.2) is 9.59 Å². The Labute approximate surface area is 187 Å². The monoisotopic (exact) mass is 486 g/mol. The lowest BCUT2D eigenvalue weighted by atomic mass is 10.1. The van der Waals surface area contributed by atoms with Crippen molar-refractivity contribution in [3.63, 3.8) is 0 Å². The summed E-state index contributed by atoms with van der Waals surface area (Å²) in [7, 11) is 6.09. The lowest BCUT2D eigenvalue weighted by Crippen LogP contribution is -2.41. The molecule has 0 bridgehead atoms. The molecule has 0 heterocycles. The Kier molecular flexibility index (Phi) is 17.6. The molecule has 3 atom stereocenters. The van der Waals surface area contributed by atoms with Crippen molar-refractivity contribution < 1.29 is 29.4 Å². The maximum absolute atomic E-state index is 11.2. The Morgan fingerprint density at radius 3 is 2.17 bits per heavy atom. The third-order valence-corrected chi connectivity index (χ3v) is 9.08.